The lowest BCUT2D eigenvalue weighted by Gasteiger charge is -2.13. The molecule has 2 rings (SSSR count). The minimum Gasteiger partial charge on any atom is -0.355 e. The van der Waals surface area contributed by atoms with Gasteiger partial charge in [-0.1, -0.05) is 32.4 Å². The third-order valence-electron chi connectivity index (χ3n) is 3.80. The minimum absolute atomic E-state index is 0.0240. The molecular formula is C18H26N2O2S. The first-order chi connectivity index (χ1) is 11.1. The zero-order valence-corrected chi connectivity index (χ0v) is 14.7. The van der Waals surface area contributed by atoms with Gasteiger partial charge in [0.25, 0.3) is 5.91 Å². The van der Waals surface area contributed by atoms with Crippen molar-refractivity contribution in [2.75, 3.05) is 13.1 Å². The van der Waals surface area contributed by atoms with Crippen LogP contribution in [0.5, 0.6) is 0 Å². The van der Waals surface area contributed by atoms with Gasteiger partial charge < -0.3 is 10.6 Å². The molecule has 1 aliphatic heterocycles. The van der Waals surface area contributed by atoms with Crippen molar-refractivity contribution in [3.05, 3.63) is 35.4 Å². The molecule has 0 saturated carbocycles. The van der Waals surface area contributed by atoms with Crippen LogP contribution in [0, 0.1) is 5.92 Å². The van der Waals surface area contributed by atoms with Gasteiger partial charge in [-0.05, 0) is 36.5 Å². The molecule has 1 saturated heterocycles. The Morgan fingerprint density at radius 3 is 3.00 bits per heavy atom. The van der Waals surface area contributed by atoms with Crippen LogP contribution in [0.4, 0.5) is 0 Å². The molecule has 1 atom stereocenters. The predicted molar refractivity (Wildman–Crippen MR) is 95.6 cm³/mol. The maximum absolute atomic E-state index is 12.1. The molecule has 126 valence electrons. The maximum atomic E-state index is 12.1. The summed E-state index contributed by atoms with van der Waals surface area (Å²) in [5, 5.41) is 5.92. The summed E-state index contributed by atoms with van der Waals surface area (Å²) < 4.78 is 0. The number of nitrogens with one attached hydrogen (secondary N) is 2. The van der Waals surface area contributed by atoms with E-state index in [1.807, 2.05) is 24.3 Å². The lowest BCUT2D eigenvalue weighted by Crippen LogP contribution is -2.30. The molecule has 1 heterocycles. The van der Waals surface area contributed by atoms with Crippen LogP contribution in [0.2, 0.25) is 0 Å². The van der Waals surface area contributed by atoms with E-state index in [2.05, 4.69) is 24.5 Å². The molecule has 1 aromatic rings. The van der Waals surface area contributed by atoms with E-state index in [0.29, 0.717) is 18.0 Å². The van der Waals surface area contributed by atoms with Crippen LogP contribution in [-0.4, -0.2) is 30.2 Å². The second-order valence-corrected chi connectivity index (χ2v) is 7.58. The van der Waals surface area contributed by atoms with E-state index in [-0.39, 0.29) is 17.1 Å². The highest BCUT2D eigenvalue weighted by Crippen LogP contribution is 2.24. The molecule has 1 aliphatic rings. The van der Waals surface area contributed by atoms with Crippen molar-refractivity contribution in [3.8, 4) is 0 Å². The monoisotopic (exact) mass is 334 g/mol. The van der Waals surface area contributed by atoms with E-state index < -0.39 is 0 Å². The molecular weight excluding hydrogens is 308 g/mol. The Labute approximate surface area is 142 Å². The van der Waals surface area contributed by atoms with Crippen molar-refractivity contribution >= 4 is 23.6 Å². The van der Waals surface area contributed by atoms with Crippen LogP contribution in [0.3, 0.4) is 0 Å². The molecule has 0 bridgehead atoms. The van der Waals surface area contributed by atoms with Crippen molar-refractivity contribution in [1.29, 1.82) is 0 Å². The Morgan fingerprint density at radius 2 is 2.22 bits per heavy atom. The van der Waals surface area contributed by atoms with Gasteiger partial charge >= 0.3 is 0 Å². The highest BCUT2D eigenvalue weighted by Gasteiger charge is 2.20. The number of benzene rings is 1. The molecule has 23 heavy (non-hydrogen) atoms. The number of hydrogen-bond donors (Lipinski definition) is 2. The normalized spacial score (nSPS) is 18.4. The lowest BCUT2D eigenvalue weighted by molar-refractivity contribution is -0.120. The third-order valence-corrected chi connectivity index (χ3v) is 5.15. The minimum atomic E-state index is -0.0299. The van der Waals surface area contributed by atoms with Gasteiger partial charge in [-0.15, -0.1) is 11.8 Å². The van der Waals surface area contributed by atoms with E-state index >= 15 is 0 Å². The summed E-state index contributed by atoms with van der Waals surface area (Å²) in [5.41, 5.74) is 1.78. The zero-order valence-electron chi connectivity index (χ0n) is 13.9. The summed E-state index contributed by atoms with van der Waals surface area (Å²) in [6, 6.07) is 7.69. The first-order valence-corrected chi connectivity index (χ1v) is 9.37. The summed E-state index contributed by atoms with van der Waals surface area (Å²) >= 11 is 1.67. The van der Waals surface area contributed by atoms with E-state index in [4.69, 9.17) is 0 Å². The smallest absolute Gasteiger partial charge is 0.251 e. The highest BCUT2D eigenvalue weighted by molar-refractivity contribution is 7.99. The van der Waals surface area contributed by atoms with Gasteiger partial charge in [0, 0.05) is 24.4 Å². The Bertz CT molecular complexity index is 546. The number of carbonyl (C=O) groups excluding carboxylic acids is 2. The van der Waals surface area contributed by atoms with Crippen LogP contribution < -0.4 is 10.6 Å². The zero-order chi connectivity index (χ0) is 16.7. The number of rotatable bonds is 6. The molecule has 1 aromatic carbocycles. The quantitative estimate of drug-likeness (QED) is 0.841. The second kappa shape index (κ2) is 8.96. The predicted octanol–water partition coefficient (Wildman–Crippen LogP) is 2.97. The van der Waals surface area contributed by atoms with E-state index in [1.165, 1.54) is 0 Å². The Kier molecular flexibility index (Phi) is 6.96. The van der Waals surface area contributed by atoms with Gasteiger partial charge in [0.2, 0.25) is 5.91 Å². The van der Waals surface area contributed by atoms with Gasteiger partial charge in [0.05, 0.1) is 5.25 Å². The van der Waals surface area contributed by atoms with E-state index in [9.17, 15) is 9.59 Å². The van der Waals surface area contributed by atoms with Crippen molar-refractivity contribution in [1.82, 2.24) is 10.6 Å². The molecule has 1 unspecified atom stereocenters. The van der Waals surface area contributed by atoms with Crippen LogP contribution in [0.1, 0.15) is 49.0 Å². The summed E-state index contributed by atoms with van der Waals surface area (Å²) in [4.78, 5) is 24.1. The Morgan fingerprint density at radius 1 is 1.39 bits per heavy atom. The van der Waals surface area contributed by atoms with E-state index in [1.54, 1.807) is 11.8 Å². The number of hydrogen-bond acceptors (Lipinski definition) is 3. The van der Waals surface area contributed by atoms with Crippen LogP contribution in [0.25, 0.3) is 0 Å². The van der Waals surface area contributed by atoms with Gasteiger partial charge in [-0.3, -0.25) is 9.59 Å². The molecule has 1 fully saturated rings. The average Bonchev–Trinajstić information content (AvgIpc) is 2.75. The highest BCUT2D eigenvalue weighted by atomic mass is 32.2. The first kappa shape index (κ1) is 17.9. The molecule has 2 N–H and O–H groups in total. The Hall–Kier alpha value is -1.49. The van der Waals surface area contributed by atoms with E-state index in [0.717, 1.165) is 37.1 Å². The molecule has 0 spiro atoms. The first-order valence-electron chi connectivity index (χ1n) is 8.32. The van der Waals surface area contributed by atoms with Crippen molar-refractivity contribution in [2.24, 2.45) is 5.92 Å². The summed E-state index contributed by atoms with van der Waals surface area (Å²) in [6.45, 7) is 5.62. The average molecular weight is 334 g/mol. The third kappa shape index (κ3) is 5.90. The molecule has 0 aromatic heterocycles. The van der Waals surface area contributed by atoms with Crippen LogP contribution in [-0.2, 0) is 10.5 Å². The van der Waals surface area contributed by atoms with Crippen molar-refractivity contribution in [2.45, 2.75) is 44.1 Å². The maximum Gasteiger partial charge on any atom is 0.251 e. The topological polar surface area (TPSA) is 58.2 Å². The fourth-order valence-corrected chi connectivity index (χ4v) is 3.61. The van der Waals surface area contributed by atoms with Gasteiger partial charge in [-0.2, -0.15) is 0 Å². The lowest BCUT2D eigenvalue weighted by atomic mass is 10.1. The SMILES string of the molecule is CC(C)CNC(=O)c1cccc(CSC2CCCCNC2=O)c1. The van der Waals surface area contributed by atoms with Gasteiger partial charge in [-0.25, -0.2) is 0 Å². The molecule has 4 nitrogen and oxygen atoms in total. The van der Waals surface area contributed by atoms with Crippen molar-refractivity contribution in [3.63, 3.8) is 0 Å². The number of thioether (sulfide) groups is 1. The molecule has 0 aliphatic carbocycles. The number of amides is 2. The van der Waals surface area contributed by atoms with Crippen LogP contribution >= 0.6 is 11.8 Å². The summed E-state index contributed by atoms with van der Waals surface area (Å²) in [5.74, 6) is 1.31. The fraction of sp³-hybridized carbons (Fsp3) is 0.556. The summed E-state index contributed by atoms with van der Waals surface area (Å²) in [7, 11) is 0. The molecule has 0 radical (unpaired) electrons. The molecule has 2 amide bonds. The second-order valence-electron chi connectivity index (χ2n) is 6.39. The standard InChI is InChI=1S/C18H26N2O2S/c1-13(2)11-20-17(21)15-7-5-6-14(10-15)12-23-16-8-3-4-9-19-18(16)22/h5-7,10,13,16H,3-4,8-9,11-12H2,1-2H3,(H,19,22)(H,20,21). The number of carbonyl (C=O) groups is 2. The Balaban J connectivity index is 1.91. The van der Waals surface area contributed by atoms with Crippen molar-refractivity contribution < 1.29 is 9.59 Å². The van der Waals surface area contributed by atoms with Gasteiger partial charge in [0.15, 0.2) is 0 Å². The fourth-order valence-electron chi connectivity index (χ4n) is 2.47. The largest absolute Gasteiger partial charge is 0.355 e. The molecule has 5 heteroatoms. The van der Waals surface area contributed by atoms with Crippen LogP contribution in [0.15, 0.2) is 24.3 Å². The van der Waals surface area contributed by atoms with Gasteiger partial charge in [0.1, 0.15) is 0 Å². The summed E-state index contributed by atoms with van der Waals surface area (Å²) in [6.07, 6.45) is 3.09.